The Morgan fingerprint density at radius 3 is 1.04 bits per heavy atom. The Balaban J connectivity index is 1.04. The number of hydrogen-bond acceptors (Lipinski definition) is 2. The Hall–Kier alpha value is -9.26. The molecule has 12 aromatic rings. The minimum atomic E-state index is -0.708. The van der Waals surface area contributed by atoms with E-state index in [1.54, 1.807) is 0 Å². The molecule has 0 radical (unpaired) electrons. The van der Waals surface area contributed by atoms with Crippen molar-refractivity contribution in [2.24, 2.45) is 0 Å². The van der Waals surface area contributed by atoms with Crippen molar-refractivity contribution >= 4 is 66.4 Å². The van der Waals surface area contributed by atoms with E-state index < -0.39 is 34.1 Å². The van der Waals surface area contributed by atoms with Crippen molar-refractivity contribution in [3.8, 4) is 44.5 Å². The van der Waals surface area contributed by atoms with Crippen LogP contribution < -0.4 is 9.80 Å². The summed E-state index contributed by atoms with van der Waals surface area (Å²) in [6, 6.07) is 75.0. The van der Waals surface area contributed by atoms with Crippen LogP contribution in [0.1, 0.15) is 49.9 Å². The summed E-state index contributed by atoms with van der Waals surface area (Å²) < 4.78 is 63.8. The highest BCUT2D eigenvalue weighted by Crippen LogP contribution is 2.61. The van der Waals surface area contributed by atoms with Crippen LogP contribution in [0.15, 0.2) is 231 Å². The number of benzene rings is 12. The summed E-state index contributed by atoms with van der Waals surface area (Å²) in [5, 5.41) is 5.86. The Kier molecular flexibility index (Phi) is 10.7. The van der Waals surface area contributed by atoms with E-state index in [2.05, 4.69) is 195 Å². The number of nitrogens with zero attached hydrogens (tertiary/aromatic N) is 2. The summed E-state index contributed by atoms with van der Waals surface area (Å²) in [6.07, 6.45) is 0. The topological polar surface area (TPSA) is 6.48 Å². The van der Waals surface area contributed by atoms with Gasteiger partial charge in [0.15, 0.2) is 0 Å². The molecule has 376 valence electrons. The van der Waals surface area contributed by atoms with E-state index in [-0.39, 0.29) is 0 Å². The van der Waals surface area contributed by atoms with Gasteiger partial charge in [-0.1, -0.05) is 149 Å². The Morgan fingerprint density at radius 2 is 0.641 bits per heavy atom. The molecule has 2 aliphatic rings. The standard InChI is InChI=1S/C72H50F4N2/c1-71(2)61-39-53(77(51-21-7-5-8-22-51)65-27-15-19-43-17-11-13-25-55(43)65)29-31-57(61)69-63(71)41-59-60(67(69)45-33-47(73)37-48(74)34-45)42-64-70(68(59)46-35-49(75)38-50(76)36-46)58-32-30-54(40-62(58)72(64,3)4)78(52-23-9-6-10-24-52)66-28-16-20-44-18-12-14-26-56(44)66/h5-42H,1-4H3. The van der Waals surface area contributed by atoms with Crippen molar-refractivity contribution in [2.75, 3.05) is 9.80 Å². The molecule has 0 aliphatic heterocycles. The second-order valence-electron chi connectivity index (χ2n) is 21.8. The van der Waals surface area contributed by atoms with Gasteiger partial charge in [-0.2, -0.15) is 0 Å². The molecule has 0 fully saturated rings. The van der Waals surface area contributed by atoms with E-state index in [1.807, 2.05) is 36.4 Å². The summed E-state index contributed by atoms with van der Waals surface area (Å²) in [6.45, 7) is 8.77. The average molecular weight is 1020 g/mol. The van der Waals surface area contributed by atoms with Crippen LogP contribution in [-0.4, -0.2) is 0 Å². The predicted molar refractivity (Wildman–Crippen MR) is 314 cm³/mol. The second-order valence-corrected chi connectivity index (χ2v) is 21.8. The lowest BCUT2D eigenvalue weighted by atomic mass is 9.76. The molecule has 0 N–H and O–H groups in total. The van der Waals surface area contributed by atoms with Crippen molar-refractivity contribution < 1.29 is 17.6 Å². The van der Waals surface area contributed by atoms with Crippen LogP contribution >= 0.6 is 0 Å². The van der Waals surface area contributed by atoms with E-state index >= 15 is 17.6 Å². The first kappa shape index (κ1) is 47.2. The Morgan fingerprint density at radius 1 is 0.282 bits per heavy atom. The van der Waals surface area contributed by atoms with Gasteiger partial charge in [0.2, 0.25) is 0 Å². The maximum atomic E-state index is 15.9. The quantitative estimate of drug-likeness (QED) is 0.140. The van der Waals surface area contributed by atoms with E-state index in [1.165, 1.54) is 24.3 Å². The van der Waals surface area contributed by atoms with Crippen molar-refractivity contribution in [3.63, 3.8) is 0 Å². The monoisotopic (exact) mass is 1020 g/mol. The molecule has 14 rings (SSSR count). The Bertz CT molecular complexity index is 4110. The summed E-state index contributed by atoms with van der Waals surface area (Å²) in [7, 11) is 0. The fourth-order valence-corrected chi connectivity index (χ4v) is 13.0. The Labute approximate surface area is 450 Å². The van der Waals surface area contributed by atoms with Crippen molar-refractivity contribution in [1.29, 1.82) is 0 Å². The zero-order chi connectivity index (χ0) is 53.2. The minimum Gasteiger partial charge on any atom is -0.310 e. The molecule has 0 atom stereocenters. The van der Waals surface area contributed by atoms with Gasteiger partial charge in [-0.25, -0.2) is 17.6 Å². The van der Waals surface area contributed by atoms with Crippen LogP contribution in [0.25, 0.3) is 76.8 Å². The molecule has 6 heteroatoms. The lowest BCUT2D eigenvalue weighted by molar-refractivity contribution is 0.583. The number of anilines is 6. The van der Waals surface area contributed by atoms with Crippen LogP contribution in [0.4, 0.5) is 51.7 Å². The number of hydrogen-bond donors (Lipinski definition) is 0. The first-order valence-corrected chi connectivity index (χ1v) is 26.4. The van der Waals surface area contributed by atoms with Crippen LogP contribution in [0.5, 0.6) is 0 Å². The molecule has 0 saturated heterocycles. The highest BCUT2D eigenvalue weighted by Gasteiger charge is 2.43. The van der Waals surface area contributed by atoms with Gasteiger partial charge < -0.3 is 9.80 Å². The largest absolute Gasteiger partial charge is 0.310 e. The third kappa shape index (κ3) is 7.30. The predicted octanol–water partition coefficient (Wildman–Crippen LogP) is 20.6. The molecule has 0 bridgehead atoms. The normalized spacial score (nSPS) is 13.6. The molecular weight excluding hydrogens is 969 g/mol. The molecule has 12 aromatic carbocycles. The fourth-order valence-electron chi connectivity index (χ4n) is 13.0. The van der Waals surface area contributed by atoms with Crippen molar-refractivity contribution in [2.45, 2.75) is 38.5 Å². The van der Waals surface area contributed by atoms with E-state index in [4.69, 9.17) is 0 Å². The fraction of sp³-hybridized carbons (Fsp3) is 0.0833. The van der Waals surface area contributed by atoms with E-state index in [0.717, 1.165) is 112 Å². The van der Waals surface area contributed by atoms with Gasteiger partial charge in [0.25, 0.3) is 0 Å². The lowest BCUT2D eigenvalue weighted by Gasteiger charge is -2.29. The maximum absolute atomic E-state index is 15.9. The number of halogens is 4. The molecule has 2 aliphatic carbocycles. The van der Waals surface area contributed by atoms with Gasteiger partial charge in [0.1, 0.15) is 23.3 Å². The van der Waals surface area contributed by atoms with Gasteiger partial charge in [-0.05, 0) is 185 Å². The highest BCUT2D eigenvalue weighted by atomic mass is 19.1. The van der Waals surface area contributed by atoms with Gasteiger partial charge in [0.05, 0.1) is 11.4 Å². The van der Waals surface area contributed by atoms with Crippen molar-refractivity contribution in [1.82, 2.24) is 0 Å². The van der Waals surface area contributed by atoms with Crippen LogP contribution in [0, 0.1) is 23.3 Å². The molecule has 0 spiro atoms. The SMILES string of the molecule is CC1(C)c2cc(N(c3ccccc3)c3cccc4ccccc34)ccc2-c2c1cc1c(-c3cc(F)cc(F)c3)c3c(cc1c2-c1cc(F)cc(F)c1)C(C)(C)c1cc(N(c2ccccc2)c2cccc4ccccc24)ccc1-3. The average Bonchev–Trinajstić information content (AvgIpc) is 3.98. The third-order valence-corrected chi connectivity index (χ3v) is 16.5. The molecule has 78 heavy (non-hydrogen) atoms. The lowest BCUT2D eigenvalue weighted by Crippen LogP contribution is -2.17. The van der Waals surface area contributed by atoms with Gasteiger partial charge >= 0.3 is 0 Å². The highest BCUT2D eigenvalue weighted by molar-refractivity contribution is 6.17. The molecular formula is C72H50F4N2. The summed E-state index contributed by atoms with van der Waals surface area (Å²) >= 11 is 0. The molecule has 0 saturated carbocycles. The number of rotatable bonds is 8. The zero-order valence-electron chi connectivity index (χ0n) is 43.3. The van der Waals surface area contributed by atoms with E-state index in [0.29, 0.717) is 33.0 Å². The number of fused-ring (bicyclic) bond motifs is 9. The first-order valence-electron chi connectivity index (χ1n) is 26.4. The van der Waals surface area contributed by atoms with Gasteiger partial charge in [-0.3, -0.25) is 0 Å². The van der Waals surface area contributed by atoms with Gasteiger partial charge in [-0.15, -0.1) is 0 Å². The summed E-state index contributed by atoms with van der Waals surface area (Å²) in [5.41, 5.74) is 14.1. The third-order valence-electron chi connectivity index (χ3n) is 16.5. The van der Waals surface area contributed by atoms with Gasteiger partial charge in [0, 0.05) is 56.5 Å². The molecule has 0 heterocycles. The number of para-hydroxylation sites is 2. The summed E-state index contributed by atoms with van der Waals surface area (Å²) in [4.78, 5) is 4.57. The molecule has 0 aromatic heterocycles. The maximum Gasteiger partial charge on any atom is 0.126 e. The van der Waals surface area contributed by atoms with Crippen molar-refractivity contribution in [3.05, 3.63) is 276 Å². The van der Waals surface area contributed by atoms with Crippen LogP contribution in [0.3, 0.4) is 0 Å². The zero-order valence-corrected chi connectivity index (χ0v) is 43.3. The van der Waals surface area contributed by atoms with Crippen LogP contribution in [0.2, 0.25) is 0 Å². The molecule has 0 unspecified atom stereocenters. The summed E-state index contributed by atoms with van der Waals surface area (Å²) in [5.74, 6) is -2.83. The molecule has 2 nitrogen and oxygen atoms in total. The first-order chi connectivity index (χ1) is 37.8. The smallest absolute Gasteiger partial charge is 0.126 e. The molecule has 0 amide bonds. The minimum absolute atomic E-state index is 0.365. The van der Waals surface area contributed by atoms with E-state index in [9.17, 15) is 0 Å². The second kappa shape index (κ2) is 17.7. The van der Waals surface area contributed by atoms with Crippen LogP contribution in [-0.2, 0) is 10.8 Å².